The van der Waals surface area contributed by atoms with Crippen LogP contribution in [-0.4, -0.2) is 45.0 Å². The topological polar surface area (TPSA) is 68.4 Å². The van der Waals surface area contributed by atoms with Crippen LogP contribution in [0.5, 0.6) is 5.88 Å². The van der Waals surface area contributed by atoms with Crippen molar-refractivity contribution in [3.05, 3.63) is 54.5 Å². The molecule has 0 N–H and O–H groups in total. The standard InChI is InChI=1S/C20H20N6O/c1-27-19-7-6-18-22-23-20(26(18)24-19)14-9-12-25(13-10-14)17-8-11-21-16-5-3-2-4-15(16)17/h2-8,11,14H,9-10,12-13H2,1H3. The number of anilines is 1. The molecule has 4 heterocycles. The molecule has 1 fully saturated rings. The monoisotopic (exact) mass is 360 g/mol. The summed E-state index contributed by atoms with van der Waals surface area (Å²) in [6.45, 7) is 1.94. The third-order valence-corrected chi connectivity index (χ3v) is 5.30. The van der Waals surface area contributed by atoms with Crippen LogP contribution in [0, 0.1) is 0 Å². The van der Waals surface area contributed by atoms with Gasteiger partial charge in [-0.3, -0.25) is 4.98 Å². The highest BCUT2D eigenvalue weighted by Gasteiger charge is 2.26. The summed E-state index contributed by atoms with van der Waals surface area (Å²) in [6.07, 6.45) is 3.92. The van der Waals surface area contributed by atoms with E-state index in [0.29, 0.717) is 11.8 Å². The minimum Gasteiger partial charge on any atom is -0.480 e. The fourth-order valence-corrected chi connectivity index (χ4v) is 3.89. The van der Waals surface area contributed by atoms with Crippen LogP contribution in [0.1, 0.15) is 24.6 Å². The van der Waals surface area contributed by atoms with Crippen molar-refractivity contribution in [1.29, 1.82) is 0 Å². The van der Waals surface area contributed by atoms with Gasteiger partial charge in [0.15, 0.2) is 11.5 Å². The summed E-state index contributed by atoms with van der Waals surface area (Å²) in [5.74, 6) is 1.83. The molecule has 0 bridgehead atoms. The SMILES string of the molecule is COc1ccc2nnc(C3CCN(c4ccnc5ccccc45)CC3)n2n1. The van der Waals surface area contributed by atoms with Crippen molar-refractivity contribution in [2.75, 3.05) is 25.1 Å². The number of ether oxygens (including phenoxy) is 1. The van der Waals surface area contributed by atoms with Crippen molar-refractivity contribution < 1.29 is 4.74 Å². The summed E-state index contributed by atoms with van der Waals surface area (Å²) in [7, 11) is 1.62. The maximum Gasteiger partial charge on any atom is 0.231 e. The second kappa shape index (κ2) is 6.50. The van der Waals surface area contributed by atoms with Crippen molar-refractivity contribution in [1.82, 2.24) is 24.8 Å². The largest absolute Gasteiger partial charge is 0.480 e. The number of hydrogen-bond acceptors (Lipinski definition) is 6. The van der Waals surface area contributed by atoms with Crippen molar-refractivity contribution >= 4 is 22.2 Å². The Hall–Kier alpha value is -3.22. The smallest absolute Gasteiger partial charge is 0.231 e. The van der Waals surface area contributed by atoms with Gasteiger partial charge in [-0.25, -0.2) is 0 Å². The number of nitrogens with zero attached hydrogens (tertiary/aromatic N) is 6. The minimum absolute atomic E-state index is 0.337. The first kappa shape index (κ1) is 16.0. The van der Waals surface area contributed by atoms with Crippen molar-refractivity contribution in [2.24, 2.45) is 0 Å². The Bertz CT molecular complexity index is 1090. The van der Waals surface area contributed by atoms with Gasteiger partial charge in [0.25, 0.3) is 0 Å². The van der Waals surface area contributed by atoms with E-state index in [0.717, 1.165) is 42.9 Å². The second-order valence-electron chi connectivity index (χ2n) is 6.81. The summed E-state index contributed by atoms with van der Waals surface area (Å²) in [5.41, 5.74) is 3.05. The minimum atomic E-state index is 0.337. The van der Waals surface area contributed by atoms with Gasteiger partial charge in [0.1, 0.15) is 0 Å². The summed E-state index contributed by atoms with van der Waals surface area (Å²) in [6, 6.07) is 14.1. The van der Waals surface area contributed by atoms with E-state index in [4.69, 9.17) is 4.74 Å². The van der Waals surface area contributed by atoms with Crippen LogP contribution < -0.4 is 9.64 Å². The van der Waals surface area contributed by atoms with Gasteiger partial charge in [0.05, 0.1) is 12.6 Å². The lowest BCUT2D eigenvalue weighted by molar-refractivity contribution is 0.387. The molecule has 1 aliphatic rings. The van der Waals surface area contributed by atoms with Crippen LogP contribution in [0.3, 0.4) is 0 Å². The second-order valence-corrected chi connectivity index (χ2v) is 6.81. The maximum absolute atomic E-state index is 5.25. The first-order chi connectivity index (χ1) is 13.3. The number of methoxy groups -OCH3 is 1. The van der Waals surface area contributed by atoms with Gasteiger partial charge >= 0.3 is 0 Å². The highest BCUT2D eigenvalue weighted by atomic mass is 16.5. The molecule has 0 unspecified atom stereocenters. The Balaban J connectivity index is 1.40. The number of hydrogen-bond donors (Lipinski definition) is 0. The average Bonchev–Trinajstić information content (AvgIpc) is 3.16. The van der Waals surface area contributed by atoms with Crippen LogP contribution in [0.25, 0.3) is 16.6 Å². The fraction of sp³-hybridized carbons (Fsp3) is 0.300. The molecule has 0 atom stereocenters. The van der Waals surface area contributed by atoms with Gasteiger partial charge in [-0.1, -0.05) is 18.2 Å². The molecule has 0 radical (unpaired) electrons. The highest BCUT2D eigenvalue weighted by Crippen LogP contribution is 2.32. The zero-order chi connectivity index (χ0) is 18.2. The lowest BCUT2D eigenvalue weighted by Crippen LogP contribution is -2.33. The molecule has 1 aromatic carbocycles. The molecule has 7 nitrogen and oxygen atoms in total. The molecule has 27 heavy (non-hydrogen) atoms. The van der Waals surface area contributed by atoms with E-state index in [2.05, 4.69) is 49.4 Å². The number of para-hydroxylation sites is 1. The molecule has 0 amide bonds. The normalized spacial score (nSPS) is 15.5. The molecule has 1 aliphatic heterocycles. The quantitative estimate of drug-likeness (QED) is 0.559. The number of aromatic nitrogens is 5. The summed E-state index contributed by atoms with van der Waals surface area (Å²) < 4.78 is 7.07. The number of benzene rings is 1. The Morgan fingerprint density at radius 2 is 1.85 bits per heavy atom. The van der Waals surface area contributed by atoms with E-state index in [9.17, 15) is 0 Å². The Morgan fingerprint density at radius 3 is 2.70 bits per heavy atom. The van der Waals surface area contributed by atoms with Crippen LogP contribution in [0.15, 0.2) is 48.7 Å². The highest BCUT2D eigenvalue weighted by molar-refractivity contribution is 5.91. The van der Waals surface area contributed by atoms with Gasteiger partial charge in [-0.15, -0.1) is 15.3 Å². The van der Waals surface area contributed by atoms with Crippen LogP contribution in [0.4, 0.5) is 5.69 Å². The first-order valence-corrected chi connectivity index (χ1v) is 9.18. The molecule has 3 aromatic heterocycles. The zero-order valence-corrected chi connectivity index (χ0v) is 15.1. The van der Waals surface area contributed by atoms with Gasteiger partial charge in [0.2, 0.25) is 5.88 Å². The van der Waals surface area contributed by atoms with Crippen LogP contribution in [0.2, 0.25) is 0 Å². The first-order valence-electron chi connectivity index (χ1n) is 9.18. The van der Waals surface area contributed by atoms with E-state index in [1.165, 1.54) is 11.1 Å². The third kappa shape index (κ3) is 2.75. The van der Waals surface area contributed by atoms with Crippen LogP contribution >= 0.6 is 0 Å². The van der Waals surface area contributed by atoms with Crippen molar-refractivity contribution in [2.45, 2.75) is 18.8 Å². The average molecular weight is 360 g/mol. The molecular weight excluding hydrogens is 340 g/mol. The number of piperidine rings is 1. The van der Waals surface area contributed by atoms with Gasteiger partial charge in [-0.2, -0.15) is 4.52 Å². The zero-order valence-electron chi connectivity index (χ0n) is 15.1. The van der Waals surface area contributed by atoms with Gasteiger partial charge < -0.3 is 9.64 Å². The molecule has 1 saturated heterocycles. The number of rotatable bonds is 3. The van der Waals surface area contributed by atoms with E-state index in [1.54, 1.807) is 7.11 Å². The molecular formula is C20H20N6O. The fourth-order valence-electron chi connectivity index (χ4n) is 3.89. The molecule has 4 aromatic rings. The lowest BCUT2D eigenvalue weighted by Gasteiger charge is -2.33. The Morgan fingerprint density at radius 1 is 1.00 bits per heavy atom. The molecule has 7 heteroatoms. The van der Waals surface area contributed by atoms with Gasteiger partial charge in [0, 0.05) is 42.3 Å². The predicted molar refractivity (Wildman–Crippen MR) is 103 cm³/mol. The predicted octanol–water partition coefficient (Wildman–Crippen LogP) is 3.07. The summed E-state index contributed by atoms with van der Waals surface area (Å²) in [4.78, 5) is 6.92. The Labute approximate surface area is 156 Å². The van der Waals surface area contributed by atoms with Gasteiger partial charge in [-0.05, 0) is 31.0 Å². The molecule has 5 rings (SSSR count). The molecule has 0 saturated carbocycles. The van der Waals surface area contributed by atoms with E-state index in [1.807, 2.05) is 28.9 Å². The van der Waals surface area contributed by atoms with E-state index >= 15 is 0 Å². The molecule has 136 valence electrons. The van der Waals surface area contributed by atoms with Crippen molar-refractivity contribution in [3.63, 3.8) is 0 Å². The summed E-state index contributed by atoms with van der Waals surface area (Å²) >= 11 is 0. The van der Waals surface area contributed by atoms with E-state index < -0.39 is 0 Å². The molecule has 0 aliphatic carbocycles. The van der Waals surface area contributed by atoms with E-state index in [-0.39, 0.29) is 0 Å². The van der Waals surface area contributed by atoms with Crippen molar-refractivity contribution in [3.8, 4) is 5.88 Å². The maximum atomic E-state index is 5.25. The summed E-state index contributed by atoms with van der Waals surface area (Å²) in [5, 5.41) is 14.4. The lowest BCUT2D eigenvalue weighted by atomic mass is 9.95. The third-order valence-electron chi connectivity index (χ3n) is 5.30. The number of pyridine rings is 1. The molecule has 0 spiro atoms. The van der Waals surface area contributed by atoms with Crippen LogP contribution in [-0.2, 0) is 0 Å². The Kier molecular flexibility index (Phi) is 3.85. The number of fused-ring (bicyclic) bond motifs is 2.